The zero-order valence-electron chi connectivity index (χ0n) is 22.7. The molecule has 210 valence electrons. The Bertz CT molecular complexity index is 1330. The van der Waals surface area contributed by atoms with Gasteiger partial charge in [0.05, 0.1) is 19.6 Å². The first-order valence-corrected chi connectivity index (χ1v) is 14.8. The van der Waals surface area contributed by atoms with Crippen LogP contribution in [0.3, 0.4) is 0 Å². The van der Waals surface area contributed by atoms with Crippen molar-refractivity contribution in [1.82, 2.24) is 14.2 Å². The Balaban J connectivity index is 1.66. The lowest BCUT2D eigenvalue weighted by atomic mass is 10.0. The highest BCUT2D eigenvalue weighted by Crippen LogP contribution is 2.34. The first-order chi connectivity index (χ1) is 18.5. The number of aliphatic hydroxyl groups is 2. The smallest absolute Gasteiger partial charge is 0.247 e. The fraction of sp³-hybridized carbons (Fsp3) is 0.517. The second-order valence-electron chi connectivity index (χ2n) is 10.7. The molecule has 2 aliphatic rings. The third-order valence-corrected chi connectivity index (χ3v) is 9.54. The Labute approximate surface area is 230 Å². The number of likely N-dealkylation sites (N-methyl/N-ethyl adjacent to an activating group) is 1. The maximum Gasteiger partial charge on any atom is 0.247 e. The minimum atomic E-state index is -3.99. The molecule has 1 aromatic carbocycles. The Morgan fingerprint density at radius 3 is 2.62 bits per heavy atom. The van der Waals surface area contributed by atoms with E-state index in [1.165, 1.54) is 10.4 Å². The Kier molecular flexibility index (Phi) is 8.96. The highest BCUT2D eigenvalue weighted by molar-refractivity contribution is 7.89. The molecule has 9 nitrogen and oxygen atoms in total. The second kappa shape index (κ2) is 12.0. The molecular weight excluding hydrogens is 518 g/mol. The van der Waals surface area contributed by atoms with E-state index in [-0.39, 0.29) is 48.6 Å². The average Bonchev–Trinajstić information content (AvgIpc) is 3.36. The number of pyridine rings is 1. The summed E-state index contributed by atoms with van der Waals surface area (Å²) in [4.78, 5) is 18.5. The molecular formula is C29H37N3O6S. The highest BCUT2D eigenvalue weighted by Gasteiger charge is 2.38. The molecule has 2 aromatic rings. The van der Waals surface area contributed by atoms with Crippen LogP contribution in [0.4, 0.5) is 0 Å². The number of aromatic nitrogens is 1. The molecule has 39 heavy (non-hydrogen) atoms. The van der Waals surface area contributed by atoms with E-state index in [0.717, 1.165) is 18.4 Å². The summed E-state index contributed by atoms with van der Waals surface area (Å²) in [6.45, 7) is 3.56. The number of carbonyl (C=O) groups excluding carboxylic acids is 1. The summed E-state index contributed by atoms with van der Waals surface area (Å²) in [5.41, 5.74) is 0.347. The van der Waals surface area contributed by atoms with Gasteiger partial charge in [0.25, 0.3) is 0 Å². The number of carbonyl (C=O) groups is 1. The number of hydrogen-bond donors (Lipinski definition) is 2. The van der Waals surface area contributed by atoms with Crippen molar-refractivity contribution in [3.8, 4) is 17.6 Å². The molecule has 2 N–H and O–H groups in total. The molecule has 1 saturated carbocycles. The first kappa shape index (κ1) is 29.0. The lowest BCUT2D eigenvalue weighted by Crippen LogP contribution is -2.50. The van der Waals surface area contributed by atoms with E-state index < -0.39 is 27.8 Å². The maximum absolute atomic E-state index is 13.7. The lowest BCUT2D eigenvalue weighted by Gasteiger charge is -2.37. The molecule has 2 heterocycles. The van der Waals surface area contributed by atoms with Crippen molar-refractivity contribution in [1.29, 1.82) is 0 Å². The van der Waals surface area contributed by atoms with Crippen LogP contribution in [0.2, 0.25) is 0 Å². The largest absolute Gasteiger partial charge is 0.487 e. The second-order valence-corrected chi connectivity index (χ2v) is 12.6. The highest BCUT2D eigenvalue weighted by atomic mass is 32.2. The van der Waals surface area contributed by atoms with Crippen LogP contribution in [0.5, 0.6) is 5.75 Å². The first-order valence-electron chi connectivity index (χ1n) is 13.3. The molecule has 1 aliphatic carbocycles. The minimum absolute atomic E-state index is 0.0180. The Morgan fingerprint density at radius 1 is 1.26 bits per heavy atom. The van der Waals surface area contributed by atoms with E-state index in [4.69, 9.17) is 4.74 Å². The normalized spacial score (nSPS) is 22.8. The molecule has 10 heteroatoms. The van der Waals surface area contributed by atoms with Gasteiger partial charge in [0.2, 0.25) is 15.9 Å². The molecule has 0 unspecified atom stereocenters. The molecule has 3 atom stereocenters. The summed E-state index contributed by atoms with van der Waals surface area (Å²) in [5, 5.41) is 20.5. The molecule has 1 aromatic heterocycles. The number of ether oxygens (including phenoxy) is 1. The summed E-state index contributed by atoms with van der Waals surface area (Å²) >= 11 is 0. The number of nitrogens with zero attached hydrogens (tertiary/aromatic N) is 3. The number of aliphatic hydroxyl groups excluding tert-OH is 1. The summed E-state index contributed by atoms with van der Waals surface area (Å²) in [6.07, 6.45) is 6.03. The maximum atomic E-state index is 13.7. The molecule has 1 amide bonds. The third kappa shape index (κ3) is 6.79. The molecule has 4 rings (SSSR count). The van der Waals surface area contributed by atoms with Gasteiger partial charge < -0.3 is 19.8 Å². The van der Waals surface area contributed by atoms with Gasteiger partial charge in [0, 0.05) is 43.5 Å². The van der Waals surface area contributed by atoms with Gasteiger partial charge in [-0.05, 0) is 68.5 Å². The summed E-state index contributed by atoms with van der Waals surface area (Å²) < 4.78 is 35.0. The van der Waals surface area contributed by atoms with Crippen molar-refractivity contribution in [3.63, 3.8) is 0 Å². The number of rotatable bonds is 6. The van der Waals surface area contributed by atoms with E-state index in [9.17, 15) is 23.4 Å². The van der Waals surface area contributed by atoms with Gasteiger partial charge in [-0.25, -0.2) is 8.42 Å². The van der Waals surface area contributed by atoms with Crippen LogP contribution in [0.15, 0.2) is 47.6 Å². The molecule has 0 saturated heterocycles. The lowest BCUT2D eigenvalue weighted by molar-refractivity contribution is -0.130. The van der Waals surface area contributed by atoms with E-state index >= 15 is 0 Å². The van der Waals surface area contributed by atoms with Gasteiger partial charge in [-0.3, -0.25) is 9.78 Å². The SMILES string of the molecule is C[C@@H]1CN([C@H](C)CO)S(=O)(=O)c2ccc(C#CC3(O)CCCC3)cc2O[C@@H]1CN(C)C(=O)Cc1ccncc1. The van der Waals surface area contributed by atoms with E-state index in [0.29, 0.717) is 18.4 Å². The van der Waals surface area contributed by atoms with Crippen molar-refractivity contribution in [2.24, 2.45) is 5.92 Å². The molecule has 0 spiro atoms. The van der Waals surface area contributed by atoms with Gasteiger partial charge in [-0.1, -0.05) is 18.8 Å². The van der Waals surface area contributed by atoms with E-state index in [1.54, 1.807) is 55.5 Å². The zero-order chi connectivity index (χ0) is 28.2. The van der Waals surface area contributed by atoms with Crippen molar-refractivity contribution in [2.75, 3.05) is 26.7 Å². The fourth-order valence-corrected chi connectivity index (χ4v) is 6.80. The van der Waals surface area contributed by atoms with Crippen molar-refractivity contribution in [2.45, 2.75) is 68.6 Å². The summed E-state index contributed by atoms with van der Waals surface area (Å²) in [6, 6.07) is 7.60. The van der Waals surface area contributed by atoms with Gasteiger partial charge >= 0.3 is 0 Å². The van der Waals surface area contributed by atoms with Crippen LogP contribution >= 0.6 is 0 Å². The number of sulfonamides is 1. The summed E-state index contributed by atoms with van der Waals surface area (Å²) in [7, 11) is -2.29. The van der Waals surface area contributed by atoms with Gasteiger partial charge in [-0.2, -0.15) is 4.31 Å². The molecule has 0 radical (unpaired) electrons. The standard InChI is InChI=1S/C29H37N3O6S/c1-21-18-32(22(2)20-33)39(36,37)27-7-6-23(8-13-29(35)11-4-5-12-29)16-25(27)38-26(21)19-31(3)28(34)17-24-9-14-30-15-10-24/h6-7,9-10,14-16,21-22,26,33,35H,4-5,11-12,17-20H2,1-3H3/t21-,22-,26-/m1/s1. The Morgan fingerprint density at radius 2 is 1.95 bits per heavy atom. The third-order valence-electron chi connectivity index (χ3n) is 7.52. The predicted octanol–water partition coefficient (Wildman–Crippen LogP) is 2.21. The quantitative estimate of drug-likeness (QED) is 0.525. The van der Waals surface area contributed by atoms with E-state index in [1.807, 2.05) is 6.92 Å². The van der Waals surface area contributed by atoms with Gasteiger partial charge in [-0.15, -0.1) is 0 Å². The predicted molar refractivity (Wildman–Crippen MR) is 146 cm³/mol. The number of amides is 1. The van der Waals surface area contributed by atoms with Crippen LogP contribution < -0.4 is 4.74 Å². The van der Waals surface area contributed by atoms with Crippen LogP contribution in [-0.4, -0.2) is 83.2 Å². The molecule has 0 bridgehead atoms. The van der Waals surface area contributed by atoms with E-state index in [2.05, 4.69) is 16.8 Å². The fourth-order valence-electron chi connectivity index (χ4n) is 4.98. The van der Waals surface area contributed by atoms with Gasteiger partial charge in [0.15, 0.2) is 0 Å². The minimum Gasteiger partial charge on any atom is -0.487 e. The zero-order valence-corrected chi connectivity index (χ0v) is 23.5. The number of fused-ring (bicyclic) bond motifs is 1. The van der Waals surface area contributed by atoms with Crippen molar-refractivity contribution < 1.29 is 28.2 Å². The number of benzene rings is 1. The molecule has 1 aliphatic heterocycles. The van der Waals surface area contributed by atoms with Gasteiger partial charge in [0.1, 0.15) is 22.4 Å². The van der Waals surface area contributed by atoms with Crippen molar-refractivity contribution in [3.05, 3.63) is 53.9 Å². The van der Waals surface area contributed by atoms with Crippen LogP contribution in [0.1, 0.15) is 50.7 Å². The monoisotopic (exact) mass is 555 g/mol. The average molecular weight is 556 g/mol. The number of hydrogen-bond acceptors (Lipinski definition) is 7. The summed E-state index contributed by atoms with van der Waals surface area (Å²) in [5.74, 6) is 5.70. The molecule has 1 fully saturated rings. The Hall–Kier alpha value is -2.97. The van der Waals surface area contributed by atoms with Crippen LogP contribution in [0.25, 0.3) is 0 Å². The van der Waals surface area contributed by atoms with Crippen molar-refractivity contribution >= 4 is 15.9 Å². The van der Waals surface area contributed by atoms with Crippen LogP contribution in [0, 0.1) is 17.8 Å². The van der Waals surface area contributed by atoms with Crippen LogP contribution in [-0.2, 0) is 21.2 Å². The topological polar surface area (TPSA) is 120 Å².